The molecule has 2 aromatic rings. The minimum Gasteiger partial charge on any atom is -0.489 e. The molecule has 2 aliphatic rings. The highest BCUT2D eigenvalue weighted by Gasteiger charge is 2.34. The summed E-state index contributed by atoms with van der Waals surface area (Å²) in [6.07, 6.45) is 0.110. The quantitative estimate of drug-likeness (QED) is 0.621. The fourth-order valence-electron chi connectivity index (χ4n) is 3.36. The van der Waals surface area contributed by atoms with E-state index in [-0.39, 0.29) is 37.4 Å². The Balaban J connectivity index is 1.72. The summed E-state index contributed by atoms with van der Waals surface area (Å²) >= 11 is 2.18. The molecule has 0 fully saturated rings. The molecule has 2 heterocycles. The number of amides is 3. The number of rotatable bonds is 3. The zero-order valence-electron chi connectivity index (χ0n) is 15.5. The Labute approximate surface area is 180 Å². The number of carbonyl (C=O) groups excluding carboxylic acids is 3. The summed E-state index contributed by atoms with van der Waals surface area (Å²) in [4.78, 5) is 38.7. The van der Waals surface area contributed by atoms with Crippen LogP contribution in [-0.4, -0.2) is 44.0 Å². The van der Waals surface area contributed by atoms with E-state index in [1.807, 2.05) is 18.2 Å². The smallest absolute Gasteiger partial charge is 0.262 e. The molecule has 9 heteroatoms. The number of benzene rings is 2. The monoisotopic (exact) mass is 507 g/mol. The zero-order valence-corrected chi connectivity index (χ0v) is 17.7. The zero-order chi connectivity index (χ0) is 20.5. The second kappa shape index (κ2) is 7.90. The maximum Gasteiger partial charge on any atom is 0.262 e. The van der Waals surface area contributed by atoms with Gasteiger partial charge < -0.3 is 20.1 Å². The fraction of sp³-hybridized carbons (Fsp3) is 0.250. The first-order valence-corrected chi connectivity index (χ1v) is 10.1. The first kappa shape index (κ1) is 19.5. The normalized spacial score (nSPS) is 17.2. The Bertz CT molecular complexity index is 1010. The maximum atomic E-state index is 13.5. The lowest BCUT2D eigenvalue weighted by atomic mass is 10.0. The number of anilines is 2. The summed E-state index contributed by atoms with van der Waals surface area (Å²) in [5, 5.41) is 5.31. The van der Waals surface area contributed by atoms with E-state index >= 15 is 0 Å². The Kier molecular flexibility index (Phi) is 5.31. The topological polar surface area (TPSA) is 97.0 Å². The third kappa shape index (κ3) is 3.86. The molecule has 0 aliphatic carbocycles. The van der Waals surface area contributed by atoms with Crippen molar-refractivity contribution in [1.29, 1.82) is 0 Å². The number of nitrogens with one attached hydrogen (secondary N) is 2. The lowest BCUT2D eigenvalue weighted by Gasteiger charge is -2.37. The molecule has 0 spiro atoms. The van der Waals surface area contributed by atoms with Crippen LogP contribution in [0.15, 0.2) is 36.4 Å². The van der Waals surface area contributed by atoms with Gasteiger partial charge in [-0.3, -0.25) is 19.3 Å². The molecule has 2 aromatic carbocycles. The SMILES string of the molecule is CNC(=O)CC1COc2cc(I)ccc2N1C(=O)c1ccc2c(c1)NC(=O)CO2. The van der Waals surface area contributed by atoms with Gasteiger partial charge in [-0.2, -0.15) is 0 Å². The summed E-state index contributed by atoms with van der Waals surface area (Å²) < 4.78 is 12.2. The molecule has 1 unspecified atom stereocenters. The van der Waals surface area contributed by atoms with Crippen molar-refractivity contribution in [2.24, 2.45) is 0 Å². The van der Waals surface area contributed by atoms with E-state index in [0.717, 1.165) is 3.57 Å². The molecule has 0 saturated heterocycles. The molecule has 2 aliphatic heterocycles. The highest BCUT2D eigenvalue weighted by Crippen LogP contribution is 2.38. The highest BCUT2D eigenvalue weighted by atomic mass is 127. The van der Waals surface area contributed by atoms with Gasteiger partial charge in [-0.05, 0) is 59.0 Å². The van der Waals surface area contributed by atoms with Gasteiger partial charge in [-0.15, -0.1) is 0 Å². The first-order valence-electron chi connectivity index (χ1n) is 8.99. The van der Waals surface area contributed by atoms with Crippen LogP contribution >= 0.6 is 22.6 Å². The van der Waals surface area contributed by atoms with Crippen molar-refractivity contribution in [2.45, 2.75) is 12.5 Å². The van der Waals surface area contributed by atoms with Crippen LogP contribution in [0.3, 0.4) is 0 Å². The van der Waals surface area contributed by atoms with E-state index in [4.69, 9.17) is 9.47 Å². The summed E-state index contributed by atoms with van der Waals surface area (Å²) in [5.41, 5.74) is 1.43. The van der Waals surface area contributed by atoms with Crippen molar-refractivity contribution in [2.75, 3.05) is 30.5 Å². The van der Waals surface area contributed by atoms with E-state index in [9.17, 15) is 14.4 Å². The molecular weight excluding hydrogens is 489 g/mol. The van der Waals surface area contributed by atoms with Gasteiger partial charge in [0.2, 0.25) is 5.91 Å². The van der Waals surface area contributed by atoms with Gasteiger partial charge in [0.05, 0.1) is 23.8 Å². The van der Waals surface area contributed by atoms with Crippen LogP contribution in [0, 0.1) is 3.57 Å². The molecular formula is C20H18IN3O5. The minimum atomic E-state index is -0.461. The number of ether oxygens (including phenoxy) is 2. The van der Waals surface area contributed by atoms with Gasteiger partial charge in [-0.1, -0.05) is 0 Å². The molecule has 1 atom stereocenters. The average molecular weight is 507 g/mol. The Morgan fingerprint density at radius 3 is 2.83 bits per heavy atom. The molecule has 3 amide bonds. The average Bonchev–Trinajstić information content (AvgIpc) is 2.72. The van der Waals surface area contributed by atoms with Crippen LogP contribution in [0.2, 0.25) is 0 Å². The number of hydrogen-bond acceptors (Lipinski definition) is 5. The molecule has 8 nitrogen and oxygen atoms in total. The van der Waals surface area contributed by atoms with E-state index in [0.29, 0.717) is 28.4 Å². The summed E-state index contributed by atoms with van der Waals surface area (Å²) in [5.74, 6) is 0.364. The van der Waals surface area contributed by atoms with E-state index in [2.05, 4.69) is 33.2 Å². The van der Waals surface area contributed by atoms with Crippen molar-refractivity contribution in [3.63, 3.8) is 0 Å². The molecule has 0 radical (unpaired) electrons. The molecule has 29 heavy (non-hydrogen) atoms. The Morgan fingerprint density at radius 2 is 2.03 bits per heavy atom. The van der Waals surface area contributed by atoms with E-state index in [1.54, 1.807) is 30.1 Å². The number of fused-ring (bicyclic) bond motifs is 2. The third-order valence-electron chi connectivity index (χ3n) is 4.76. The first-order chi connectivity index (χ1) is 14.0. The molecule has 150 valence electrons. The number of halogens is 1. The van der Waals surface area contributed by atoms with Crippen molar-refractivity contribution >= 4 is 51.7 Å². The van der Waals surface area contributed by atoms with Crippen molar-refractivity contribution < 1.29 is 23.9 Å². The number of nitrogens with zero attached hydrogens (tertiary/aromatic N) is 1. The summed E-state index contributed by atoms with van der Waals surface area (Å²) in [6.45, 7) is 0.154. The maximum absolute atomic E-state index is 13.5. The van der Waals surface area contributed by atoms with Gasteiger partial charge >= 0.3 is 0 Å². The third-order valence-corrected chi connectivity index (χ3v) is 5.43. The predicted molar refractivity (Wildman–Crippen MR) is 115 cm³/mol. The van der Waals surface area contributed by atoms with E-state index < -0.39 is 6.04 Å². The lowest BCUT2D eigenvalue weighted by Crippen LogP contribution is -2.49. The van der Waals surface area contributed by atoms with Crippen LogP contribution in [-0.2, 0) is 9.59 Å². The van der Waals surface area contributed by atoms with Gasteiger partial charge in [0.15, 0.2) is 6.61 Å². The van der Waals surface area contributed by atoms with Crippen molar-refractivity contribution in [3.8, 4) is 11.5 Å². The molecule has 0 saturated carbocycles. The molecule has 4 rings (SSSR count). The number of hydrogen-bond donors (Lipinski definition) is 2. The van der Waals surface area contributed by atoms with Gasteiger partial charge in [0, 0.05) is 16.2 Å². The molecule has 2 N–H and O–H groups in total. The highest BCUT2D eigenvalue weighted by molar-refractivity contribution is 14.1. The van der Waals surface area contributed by atoms with Crippen molar-refractivity contribution in [1.82, 2.24) is 5.32 Å². The summed E-state index contributed by atoms with van der Waals surface area (Å²) in [6, 6.07) is 9.99. The Morgan fingerprint density at radius 1 is 1.21 bits per heavy atom. The van der Waals surface area contributed by atoms with Crippen LogP contribution in [0.25, 0.3) is 0 Å². The Hall–Kier alpha value is -2.82. The van der Waals surface area contributed by atoms with Gasteiger partial charge in [0.25, 0.3) is 11.8 Å². The van der Waals surface area contributed by atoms with Crippen LogP contribution in [0.4, 0.5) is 11.4 Å². The second-order valence-electron chi connectivity index (χ2n) is 6.68. The number of carbonyl (C=O) groups is 3. The fourth-order valence-corrected chi connectivity index (χ4v) is 3.82. The standard InChI is InChI=1S/C20H18IN3O5/c1-22-18(25)8-13-9-28-17-7-12(21)3-4-15(17)24(13)20(27)11-2-5-16-14(6-11)23-19(26)10-29-16/h2-7,13H,8-10H2,1H3,(H,22,25)(H,23,26). The van der Waals surface area contributed by atoms with Gasteiger partial charge in [0.1, 0.15) is 18.1 Å². The second-order valence-corrected chi connectivity index (χ2v) is 7.92. The minimum absolute atomic E-state index is 0.0516. The van der Waals surface area contributed by atoms with Gasteiger partial charge in [-0.25, -0.2) is 0 Å². The summed E-state index contributed by atoms with van der Waals surface area (Å²) in [7, 11) is 1.56. The van der Waals surface area contributed by atoms with Crippen LogP contribution in [0.1, 0.15) is 16.8 Å². The van der Waals surface area contributed by atoms with Crippen LogP contribution < -0.4 is 25.0 Å². The molecule has 0 aromatic heterocycles. The van der Waals surface area contributed by atoms with Crippen LogP contribution in [0.5, 0.6) is 11.5 Å². The molecule has 0 bridgehead atoms. The lowest BCUT2D eigenvalue weighted by molar-refractivity contribution is -0.121. The van der Waals surface area contributed by atoms with Crippen molar-refractivity contribution in [3.05, 3.63) is 45.5 Å². The van der Waals surface area contributed by atoms with E-state index in [1.165, 1.54) is 0 Å². The predicted octanol–water partition coefficient (Wildman–Crippen LogP) is 2.17. The largest absolute Gasteiger partial charge is 0.489 e.